The molecule has 0 aliphatic rings. The van der Waals surface area contributed by atoms with E-state index >= 15 is 0 Å². The van der Waals surface area contributed by atoms with Crippen molar-refractivity contribution in [1.29, 1.82) is 0 Å². The van der Waals surface area contributed by atoms with Crippen molar-refractivity contribution < 1.29 is 4.52 Å². The third-order valence-corrected chi connectivity index (χ3v) is 2.14. The average molecular weight is 224 g/mol. The van der Waals surface area contributed by atoms with E-state index in [-0.39, 0.29) is 0 Å². The van der Waals surface area contributed by atoms with E-state index in [4.69, 9.17) is 11.6 Å². The van der Waals surface area contributed by atoms with Gasteiger partial charge in [0.05, 0.1) is 6.54 Å². The number of halogens is 1. The van der Waals surface area contributed by atoms with Crippen LogP contribution in [0.15, 0.2) is 35.2 Å². The molecule has 2 rings (SSSR count). The molecule has 0 radical (unpaired) electrons. The van der Waals surface area contributed by atoms with E-state index in [9.17, 15) is 0 Å². The fourth-order valence-corrected chi connectivity index (χ4v) is 1.45. The van der Waals surface area contributed by atoms with Gasteiger partial charge >= 0.3 is 0 Å². The van der Waals surface area contributed by atoms with E-state index in [2.05, 4.69) is 20.0 Å². The van der Waals surface area contributed by atoms with Crippen LogP contribution >= 0.6 is 11.6 Å². The largest absolute Gasteiger partial charge is 0.343 e. The van der Waals surface area contributed by atoms with E-state index < -0.39 is 0 Å². The lowest BCUT2D eigenvalue weighted by atomic mass is 10.2. The highest BCUT2D eigenvalue weighted by molar-refractivity contribution is 6.30. The van der Waals surface area contributed by atoms with Crippen LogP contribution in [0.2, 0.25) is 5.02 Å². The third-order valence-electron chi connectivity index (χ3n) is 1.91. The summed E-state index contributed by atoms with van der Waals surface area (Å²) in [6.07, 6.45) is 1.32. The van der Waals surface area contributed by atoms with Gasteiger partial charge < -0.3 is 9.84 Å². The number of hydrogen-bond acceptors (Lipinski definition) is 4. The summed E-state index contributed by atoms with van der Waals surface area (Å²) in [4.78, 5) is 3.90. The molecule has 1 aromatic carbocycles. The van der Waals surface area contributed by atoms with Crippen molar-refractivity contribution in [2.75, 3.05) is 0 Å². The van der Waals surface area contributed by atoms with Gasteiger partial charge in [-0.25, -0.2) is 0 Å². The van der Waals surface area contributed by atoms with Crippen LogP contribution in [0.25, 0.3) is 0 Å². The Labute approximate surface area is 92.3 Å². The third kappa shape index (κ3) is 3.04. The predicted octanol–water partition coefficient (Wildman–Crippen LogP) is 2.01. The molecular formula is C10H10ClN3O. The van der Waals surface area contributed by atoms with Gasteiger partial charge in [0.25, 0.3) is 0 Å². The molecule has 2 aromatic rings. The van der Waals surface area contributed by atoms with E-state index in [1.807, 2.05) is 24.3 Å². The summed E-state index contributed by atoms with van der Waals surface area (Å²) in [6.45, 7) is 1.32. The molecule has 0 aliphatic heterocycles. The van der Waals surface area contributed by atoms with Crippen molar-refractivity contribution >= 4 is 11.6 Å². The highest BCUT2D eigenvalue weighted by atomic mass is 35.5. The van der Waals surface area contributed by atoms with Crippen molar-refractivity contribution in [3.05, 3.63) is 47.1 Å². The molecule has 0 spiro atoms. The van der Waals surface area contributed by atoms with Crippen molar-refractivity contribution in [3.63, 3.8) is 0 Å². The number of aromatic nitrogens is 2. The minimum Gasteiger partial charge on any atom is -0.343 e. The van der Waals surface area contributed by atoms with Crippen molar-refractivity contribution in [2.45, 2.75) is 13.1 Å². The second-order valence-corrected chi connectivity index (χ2v) is 3.52. The van der Waals surface area contributed by atoms with Crippen LogP contribution < -0.4 is 5.32 Å². The van der Waals surface area contributed by atoms with Crippen LogP contribution in [0.5, 0.6) is 0 Å². The van der Waals surface area contributed by atoms with Crippen LogP contribution in [0.3, 0.4) is 0 Å². The van der Waals surface area contributed by atoms with Gasteiger partial charge in [-0.2, -0.15) is 4.98 Å². The Hall–Kier alpha value is -1.39. The Bertz CT molecular complexity index is 416. The molecule has 1 N–H and O–H groups in total. The smallest absolute Gasteiger partial charge is 0.213 e. The zero-order chi connectivity index (χ0) is 10.5. The van der Waals surface area contributed by atoms with Crippen LogP contribution in [0, 0.1) is 0 Å². The second-order valence-electron chi connectivity index (χ2n) is 3.08. The molecule has 0 fully saturated rings. The summed E-state index contributed by atoms with van der Waals surface area (Å²) in [5.41, 5.74) is 1.13. The number of nitrogens with zero attached hydrogens (tertiary/aromatic N) is 2. The first-order valence-electron chi connectivity index (χ1n) is 4.55. The maximum absolute atomic E-state index is 5.86. The summed E-state index contributed by atoms with van der Waals surface area (Å²) < 4.78 is 4.61. The normalized spacial score (nSPS) is 10.5. The average Bonchev–Trinajstić information content (AvgIpc) is 2.71. The van der Waals surface area contributed by atoms with Gasteiger partial charge in [0.2, 0.25) is 6.39 Å². The monoisotopic (exact) mass is 223 g/mol. The molecule has 1 aromatic heterocycles. The molecule has 0 unspecified atom stereocenters. The van der Waals surface area contributed by atoms with Gasteiger partial charge in [-0.1, -0.05) is 28.9 Å². The van der Waals surface area contributed by atoms with Crippen molar-refractivity contribution in [1.82, 2.24) is 15.5 Å². The molecule has 0 saturated carbocycles. The van der Waals surface area contributed by atoms with Gasteiger partial charge in [0, 0.05) is 11.6 Å². The summed E-state index contributed by atoms with van der Waals surface area (Å²) in [5.74, 6) is 0.650. The number of nitrogens with one attached hydrogen (secondary N) is 1. The summed E-state index contributed by atoms with van der Waals surface area (Å²) in [6, 6.07) is 7.71. The van der Waals surface area contributed by atoms with E-state index in [1.165, 1.54) is 6.39 Å². The highest BCUT2D eigenvalue weighted by Gasteiger charge is 1.98. The summed E-state index contributed by atoms with van der Waals surface area (Å²) in [7, 11) is 0. The minimum absolute atomic E-state index is 0.586. The van der Waals surface area contributed by atoms with E-state index in [0.717, 1.165) is 17.1 Å². The maximum Gasteiger partial charge on any atom is 0.213 e. The molecule has 15 heavy (non-hydrogen) atoms. The SMILES string of the molecule is Clc1cccc(CNCc2ncon2)c1. The van der Waals surface area contributed by atoms with E-state index in [1.54, 1.807) is 0 Å². The number of rotatable bonds is 4. The molecule has 0 amide bonds. The topological polar surface area (TPSA) is 51.0 Å². The molecule has 0 saturated heterocycles. The minimum atomic E-state index is 0.586. The number of benzene rings is 1. The Morgan fingerprint density at radius 2 is 2.27 bits per heavy atom. The Kier molecular flexibility index (Phi) is 3.32. The predicted molar refractivity (Wildman–Crippen MR) is 56.3 cm³/mol. The van der Waals surface area contributed by atoms with Crippen molar-refractivity contribution in [3.8, 4) is 0 Å². The van der Waals surface area contributed by atoms with Crippen molar-refractivity contribution in [2.24, 2.45) is 0 Å². The molecule has 0 bridgehead atoms. The molecule has 0 aliphatic carbocycles. The molecule has 1 heterocycles. The van der Waals surface area contributed by atoms with Gasteiger partial charge in [0.15, 0.2) is 5.82 Å². The lowest BCUT2D eigenvalue weighted by Gasteiger charge is -2.02. The standard InChI is InChI=1S/C10H10ClN3O/c11-9-3-1-2-8(4-9)5-12-6-10-13-7-15-14-10/h1-4,7,12H,5-6H2. The zero-order valence-electron chi connectivity index (χ0n) is 7.98. The highest BCUT2D eigenvalue weighted by Crippen LogP contribution is 2.10. The number of hydrogen-bond donors (Lipinski definition) is 1. The maximum atomic E-state index is 5.86. The summed E-state index contributed by atoms with van der Waals surface area (Å²) in [5, 5.41) is 7.62. The van der Waals surface area contributed by atoms with Gasteiger partial charge in [-0.15, -0.1) is 0 Å². The first-order valence-corrected chi connectivity index (χ1v) is 4.93. The molecule has 0 atom stereocenters. The Morgan fingerprint density at radius 3 is 3.00 bits per heavy atom. The van der Waals surface area contributed by atoms with Gasteiger partial charge in [-0.3, -0.25) is 0 Å². The fraction of sp³-hybridized carbons (Fsp3) is 0.200. The van der Waals surface area contributed by atoms with Gasteiger partial charge in [-0.05, 0) is 17.7 Å². The first kappa shape index (κ1) is 10.1. The van der Waals surface area contributed by atoms with E-state index in [0.29, 0.717) is 12.4 Å². The van der Waals surface area contributed by atoms with Crippen LogP contribution in [0.1, 0.15) is 11.4 Å². The van der Waals surface area contributed by atoms with Gasteiger partial charge in [0.1, 0.15) is 0 Å². The molecule has 5 heteroatoms. The first-order chi connectivity index (χ1) is 7.34. The lowest BCUT2D eigenvalue weighted by molar-refractivity contribution is 0.407. The molecular weight excluding hydrogens is 214 g/mol. The lowest BCUT2D eigenvalue weighted by Crippen LogP contribution is -2.13. The van der Waals surface area contributed by atoms with Crippen LogP contribution in [-0.2, 0) is 13.1 Å². The van der Waals surface area contributed by atoms with Crippen LogP contribution in [-0.4, -0.2) is 10.1 Å². The summed E-state index contributed by atoms with van der Waals surface area (Å²) >= 11 is 5.86. The zero-order valence-corrected chi connectivity index (χ0v) is 8.74. The van der Waals surface area contributed by atoms with Crippen LogP contribution in [0.4, 0.5) is 0 Å². The Balaban J connectivity index is 1.83. The fourth-order valence-electron chi connectivity index (χ4n) is 1.24. The molecule has 78 valence electrons. The second kappa shape index (κ2) is 4.91. The Morgan fingerprint density at radius 1 is 1.33 bits per heavy atom. The molecule has 4 nitrogen and oxygen atoms in total. The quantitative estimate of drug-likeness (QED) is 0.862.